The highest BCUT2D eigenvalue weighted by molar-refractivity contribution is 5.80. The largest absolute Gasteiger partial charge is 0.493 e. The standard InChI is InChI=1S/C24H38N6O/c1-5-7-11-19(10-6-2)16-25-24(26-17-23-29-28-18(3)30(23)4)27-21-14-15-31-22-13-9-8-12-20(21)22/h8-9,12-13,19,21H,5-7,10-11,14-17H2,1-4H3,(H2,25,26,27). The van der Waals surface area contributed by atoms with Crippen molar-refractivity contribution in [1.82, 2.24) is 25.4 Å². The Bertz CT molecular complexity index is 846. The van der Waals surface area contributed by atoms with E-state index in [0.717, 1.165) is 36.3 Å². The Morgan fingerprint density at radius 3 is 2.81 bits per heavy atom. The number of unbranched alkanes of at least 4 members (excludes halogenated alkanes) is 1. The summed E-state index contributed by atoms with van der Waals surface area (Å²) in [5.74, 6) is 4.22. The summed E-state index contributed by atoms with van der Waals surface area (Å²) in [5.41, 5.74) is 1.19. The van der Waals surface area contributed by atoms with E-state index < -0.39 is 0 Å². The van der Waals surface area contributed by atoms with E-state index in [2.05, 4.69) is 46.8 Å². The van der Waals surface area contributed by atoms with Crippen LogP contribution in [0.15, 0.2) is 29.3 Å². The SMILES string of the molecule is CCCCC(CCC)CNC(=NCc1nnc(C)n1C)NC1CCOc2ccccc21. The molecule has 2 aromatic rings. The number of hydrogen-bond donors (Lipinski definition) is 2. The lowest BCUT2D eigenvalue weighted by atomic mass is 9.97. The normalized spacial score (nSPS) is 17.0. The molecular weight excluding hydrogens is 388 g/mol. The number of hydrogen-bond acceptors (Lipinski definition) is 4. The molecule has 0 radical (unpaired) electrons. The number of aryl methyl sites for hydroxylation is 1. The fraction of sp³-hybridized carbons (Fsp3) is 0.625. The van der Waals surface area contributed by atoms with Gasteiger partial charge in [0.15, 0.2) is 11.8 Å². The maximum atomic E-state index is 5.84. The van der Waals surface area contributed by atoms with Crippen molar-refractivity contribution in [2.24, 2.45) is 18.0 Å². The lowest BCUT2D eigenvalue weighted by Crippen LogP contribution is -2.43. The van der Waals surface area contributed by atoms with Gasteiger partial charge in [-0.1, -0.05) is 51.3 Å². The second-order valence-corrected chi connectivity index (χ2v) is 8.44. The number of para-hydroxylation sites is 1. The maximum Gasteiger partial charge on any atom is 0.192 e. The van der Waals surface area contributed by atoms with Crippen LogP contribution in [0.1, 0.15) is 75.6 Å². The van der Waals surface area contributed by atoms with Crippen LogP contribution in [0.3, 0.4) is 0 Å². The van der Waals surface area contributed by atoms with Crippen LogP contribution < -0.4 is 15.4 Å². The van der Waals surface area contributed by atoms with Crippen molar-refractivity contribution in [1.29, 1.82) is 0 Å². The van der Waals surface area contributed by atoms with Gasteiger partial charge in [-0.2, -0.15) is 0 Å². The Morgan fingerprint density at radius 2 is 2.06 bits per heavy atom. The Labute approximate surface area is 186 Å². The monoisotopic (exact) mass is 426 g/mol. The van der Waals surface area contributed by atoms with Gasteiger partial charge in [-0.25, -0.2) is 4.99 Å². The fourth-order valence-corrected chi connectivity index (χ4v) is 4.04. The molecule has 1 aliphatic rings. The molecule has 0 amide bonds. The van der Waals surface area contributed by atoms with E-state index >= 15 is 0 Å². The van der Waals surface area contributed by atoms with Crippen LogP contribution in [0, 0.1) is 12.8 Å². The van der Waals surface area contributed by atoms with E-state index in [1.807, 2.05) is 30.7 Å². The van der Waals surface area contributed by atoms with E-state index in [9.17, 15) is 0 Å². The Kier molecular flexibility index (Phi) is 8.74. The molecule has 170 valence electrons. The number of nitrogens with zero attached hydrogens (tertiary/aromatic N) is 4. The van der Waals surface area contributed by atoms with Crippen LogP contribution in [0.2, 0.25) is 0 Å². The molecule has 0 aliphatic carbocycles. The lowest BCUT2D eigenvalue weighted by Gasteiger charge is -2.28. The molecule has 7 nitrogen and oxygen atoms in total. The highest BCUT2D eigenvalue weighted by atomic mass is 16.5. The minimum atomic E-state index is 0.178. The maximum absolute atomic E-state index is 5.84. The molecule has 1 aromatic heterocycles. The summed E-state index contributed by atoms with van der Waals surface area (Å²) >= 11 is 0. The molecule has 0 fully saturated rings. The van der Waals surface area contributed by atoms with Crippen molar-refractivity contribution in [3.63, 3.8) is 0 Å². The Hall–Kier alpha value is -2.57. The number of nitrogens with one attached hydrogen (secondary N) is 2. The van der Waals surface area contributed by atoms with Crippen LogP contribution in [0.5, 0.6) is 5.75 Å². The molecule has 0 bridgehead atoms. The lowest BCUT2D eigenvalue weighted by molar-refractivity contribution is 0.261. The van der Waals surface area contributed by atoms with Gasteiger partial charge in [-0.15, -0.1) is 10.2 Å². The quantitative estimate of drug-likeness (QED) is 0.438. The van der Waals surface area contributed by atoms with Crippen molar-refractivity contribution in [2.45, 2.75) is 71.9 Å². The summed E-state index contributed by atoms with van der Waals surface area (Å²) < 4.78 is 7.83. The van der Waals surface area contributed by atoms with E-state index in [0.29, 0.717) is 19.1 Å². The van der Waals surface area contributed by atoms with Crippen LogP contribution in [0.4, 0.5) is 0 Å². The molecule has 0 saturated heterocycles. The molecule has 0 spiro atoms. The minimum Gasteiger partial charge on any atom is -0.493 e. The first-order valence-corrected chi connectivity index (χ1v) is 11.7. The summed E-state index contributed by atoms with van der Waals surface area (Å²) in [4.78, 5) is 4.88. The highest BCUT2D eigenvalue weighted by Gasteiger charge is 2.22. The Balaban J connectivity index is 1.74. The van der Waals surface area contributed by atoms with E-state index in [1.54, 1.807) is 0 Å². The second-order valence-electron chi connectivity index (χ2n) is 8.44. The van der Waals surface area contributed by atoms with Crippen LogP contribution >= 0.6 is 0 Å². The number of fused-ring (bicyclic) bond motifs is 1. The molecule has 3 rings (SSSR count). The third kappa shape index (κ3) is 6.45. The molecule has 2 unspecified atom stereocenters. The van der Waals surface area contributed by atoms with Gasteiger partial charge in [0.05, 0.1) is 12.6 Å². The van der Waals surface area contributed by atoms with Gasteiger partial charge in [0.2, 0.25) is 0 Å². The minimum absolute atomic E-state index is 0.178. The predicted molar refractivity (Wildman–Crippen MR) is 125 cm³/mol. The van der Waals surface area contributed by atoms with Gasteiger partial charge in [0.1, 0.15) is 18.1 Å². The van der Waals surface area contributed by atoms with E-state index in [4.69, 9.17) is 9.73 Å². The van der Waals surface area contributed by atoms with Gasteiger partial charge in [0.25, 0.3) is 0 Å². The van der Waals surface area contributed by atoms with E-state index in [-0.39, 0.29) is 6.04 Å². The summed E-state index contributed by atoms with van der Waals surface area (Å²) in [6.45, 7) is 8.62. The van der Waals surface area contributed by atoms with Gasteiger partial charge in [-0.05, 0) is 31.7 Å². The molecule has 0 saturated carbocycles. The smallest absolute Gasteiger partial charge is 0.192 e. The zero-order valence-electron chi connectivity index (χ0n) is 19.5. The van der Waals surface area contributed by atoms with Crippen LogP contribution in [0.25, 0.3) is 0 Å². The third-order valence-corrected chi connectivity index (χ3v) is 6.05. The second kappa shape index (κ2) is 11.7. The number of aromatic nitrogens is 3. The first-order chi connectivity index (χ1) is 15.1. The summed E-state index contributed by atoms with van der Waals surface area (Å²) in [5, 5.41) is 15.7. The van der Waals surface area contributed by atoms with Crippen LogP contribution in [-0.4, -0.2) is 33.9 Å². The molecular formula is C24H38N6O. The first kappa shape index (κ1) is 23.1. The molecule has 2 N–H and O–H groups in total. The molecule has 7 heteroatoms. The first-order valence-electron chi connectivity index (χ1n) is 11.7. The molecule has 2 atom stereocenters. The number of guanidine groups is 1. The fourth-order valence-electron chi connectivity index (χ4n) is 4.04. The zero-order chi connectivity index (χ0) is 22.1. The average molecular weight is 427 g/mol. The van der Waals surface area contributed by atoms with Crippen molar-refractivity contribution in [2.75, 3.05) is 13.2 Å². The molecule has 31 heavy (non-hydrogen) atoms. The van der Waals surface area contributed by atoms with Crippen molar-refractivity contribution < 1.29 is 4.74 Å². The molecule has 1 aliphatic heterocycles. The topological polar surface area (TPSA) is 76.4 Å². The van der Waals surface area contributed by atoms with Gasteiger partial charge in [-0.3, -0.25) is 0 Å². The zero-order valence-corrected chi connectivity index (χ0v) is 19.5. The third-order valence-electron chi connectivity index (χ3n) is 6.05. The molecule has 1 aromatic carbocycles. The van der Waals surface area contributed by atoms with Crippen molar-refractivity contribution in [3.8, 4) is 5.75 Å². The predicted octanol–water partition coefficient (Wildman–Crippen LogP) is 4.29. The Morgan fingerprint density at radius 1 is 1.23 bits per heavy atom. The van der Waals surface area contributed by atoms with Crippen molar-refractivity contribution >= 4 is 5.96 Å². The van der Waals surface area contributed by atoms with Gasteiger partial charge >= 0.3 is 0 Å². The number of benzene rings is 1. The summed E-state index contributed by atoms with van der Waals surface area (Å²) in [6.07, 6.45) is 7.13. The number of aliphatic imine (C=N–C) groups is 1. The summed E-state index contributed by atoms with van der Waals surface area (Å²) in [6, 6.07) is 8.44. The van der Waals surface area contributed by atoms with Crippen molar-refractivity contribution in [3.05, 3.63) is 41.5 Å². The number of ether oxygens (including phenoxy) is 1. The van der Waals surface area contributed by atoms with Gasteiger partial charge in [0, 0.05) is 25.6 Å². The molecule has 2 heterocycles. The number of rotatable bonds is 10. The average Bonchev–Trinajstić information content (AvgIpc) is 3.11. The highest BCUT2D eigenvalue weighted by Crippen LogP contribution is 2.31. The summed E-state index contributed by atoms with van der Waals surface area (Å²) in [7, 11) is 1.98. The van der Waals surface area contributed by atoms with Gasteiger partial charge < -0.3 is 19.9 Å². The van der Waals surface area contributed by atoms with Crippen LogP contribution in [-0.2, 0) is 13.6 Å². The van der Waals surface area contributed by atoms with E-state index in [1.165, 1.54) is 37.7 Å².